The molecular weight excluding hydrogens is 218 g/mol. The van der Waals surface area contributed by atoms with E-state index in [1.807, 2.05) is 24.3 Å². The topological polar surface area (TPSA) is 63.4 Å². The molecule has 1 aromatic carbocycles. The Labute approximate surface area is 100 Å². The van der Waals surface area contributed by atoms with Gasteiger partial charge in [0, 0.05) is 11.5 Å². The van der Waals surface area contributed by atoms with Crippen LogP contribution in [-0.4, -0.2) is 23.2 Å². The maximum atomic E-state index is 10.9. The third kappa shape index (κ3) is 2.31. The Morgan fingerprint density at radius 1 is 1.41 bits per heavy atom. The second-order valence-corrected chi connectivity index (χ2v) is 4.76. The Balaban J connectivity index is 2.43. The summed E-state index contributed by atoms with van der Waals surface area (Å²) in [6, 6.07) is 7.92. The highest BCUT2D eigenvalue weighted by molar-refractivity contribution is 5.37. The molecule has 2 rings (SSSR count). The van der Waals surface area contributed by atoms with Crippen LogP contribution < -0.4 is 0 Å². The van der Waals surface area contributed by atoms with Gasteiger partial charge in [-0.15, -0.1) is 0 Å². The SMILES string of the molecule is O=[N+]([O-])C[C@]1(CCO)CCCc2ccccc21. The smallest absolute Gasteiger partial charge is 0.213 e. The van der Waals surface area contributed by atoms with E-state index in [2.05, 4.69) is 0 Å². The Morgan fingerprint density at radius 3 is 2.88 bits per heavy atom. The number of aryl methyl sites for hydroxylation is 1. The van der Waals surface area contributed by atoms with Gasteiger partial charge in [-0.3, -0.25) is 10.1 Å². The van der Waals surface area contributed by atoms with Crippen molar-refractivity contribution in [1.82, 2.24) is 0 Å². The molecule has 0 saturated heterocycles. The van der Waals surface area contributed by atoms with E-state index in [4.69, 9.17) is 0 Å². The minimum absolute atomic E-state index is 0.00216. The molecule has 1 aliphatic carbocycles. The van der Waals surface area contributed by atoms with E-state index in [0.717, 1.165) is 24.8 Å². The zero-order chi connectivity index (χ0) is 12.3. The quantitative estimate of drug-likeness (QED) is 0.640. The summed E-state index contributed by atoms with van der Waals surface area (Å²) in [5, 5.41) is 20.1. The standard InChI is InChI=1S/C13H17NO3/c15-9-8-13(10-14(16)17)7-3-5-11-4-1-2-6-12(11)13/h1-2,4,6,15H,3,5,7-10H2/t13-/m1/s1. The summed E-state index contributed by atoms with van der Waals surface area (Å²) in [5.41, 5.74) is 1.80. The number of nitrogens with zero attached hydrogens (tertiary/aromatic N) is 1. The molecule has 0 spiro atoms. The van der Waals surface area contributed by atoms with Gasteiger partial charge in [-0.05, 0) is 36.8 Å². The first-order valence-electron chi connectivity index (χ1n) is 5.99. The van der Waals surface area contributed by atoms with Gasteiger partial charge >= 0.3 is 0 Å². The molecule has 1 N–H and O–H groups in total. The highest BCUT2D eigenvalue weighted by atomic mass is 16.6. The third-order valence-electron chi connectivity index (χ3n) is 3.71. The number of hydrogen-bond acceptors (Lipinski definition) is 3. The molecule has 1 aliphatic rings. The number of benzene rings is 1. The highest BCUT2D eigenvalue weighted by Crippen LogP contribution is 2.40. The number of hydrogen-bond donors (Lipinski definition) is 1. The van der Waals surface area contributed by atoms with Crippen molar-refractivity contribution in [3.63, 3.8) is 0 Å². The van der Waals surface area contributed by atoms with Crippen molar-refractivity contribution in [2.75, 3.05) is 13.2 Å². The first kappa shape index (κ1) is 12.0. The van der Waals surface area contributed by atoms with Gasteiger partial charge in [-0.1, -0.05) is 24.3 Å². The molecule has 0 aromatic heterocycles. The summed E-state index contributed by atoms with van der Waals surface area (Å²) in [6.07, 6.45) is 3.22. The van der Waals surface area contributed by atoms with Crippen molar-refractivity contribution in [1.29, 1.82) is 0 Å². The molecule has 0 unspecified atom stereocenters. The lowest BCUT2D eigenvalue weighted by molar-refractivity contribution is -0.492. The van der Waals surface area contributed by atoms with E-state index in [-0.39, 0.29) is 18.1 Å². The number of rotatable bonds is 4. The highest BCUT2D eigenvalue weighted by Gasteiger charge is 2.40. The van der Waals surface area contributed by atoms with Gasteiger partial charge in [0.25, 0.3) is 0 Å². The average Bonchev–Trinajstić information content (AvgIpc) is 2.29. The van der Waals surface area contributed by atoms with E-state index in [1.54, 1.807) is 0 Å². The van der Waals surface area contributed by atoms with E-state index in [1.165, 1.54) is 5.56 Å². The molecule has 0 saturated carbocycles. The molecule has 1 atom stereocenters. The van der Waals surface area contributed by atoms with Crippen LogP contribution in [0.2, 0.25) is 0 Å². The van der Waals surface area contributed by atoms with Gasteiger partial charge in [0.15, 0.2) is 0 Å². The number of aliphatic hydroxyl groups is 1. The molecule has 0 radical (unpaired) electrons. The molecular formula is C13H17NO3. The normalized spacial score (nSPS) is 23.1. The molecule has 0 aliphatic heterocycles. The third-order valence-corrected chi connectivity index (χ3v) is 3.71. The minimum atomic E-state index is -0.465. The van der Waals surface area contributed by atoms with Gasteiger partial charge in [-0.2, -0.15) is 0 Å². The number of aliphatic hydroxyl groups excluding tert-OH is 1. The lowest BCUT2D eigenvalue weighted by atomic mass is 9.68. The van der Waals surface area contributed by atoms with Gasteiger partial charge in [0.2, 0.25) is 6.54 Å². The van der Waals surface area contributed by atoms with Crippen LogP contribution in [0.5, 0.6) is 0 Å². The lowest BCUT2D eigenvalue weighted by Gasteiger charge is -2.35. The van der Waals surface area contributed by atoms with Crippen molar-refractivity contribution in [2.45, 2.75) is 31.1 Å². The van der Waals surface area contributed by atoms with Crippen molar-refractivity contribution >= 4 is 0 Å². The van der Waals surface area contributed by atoms with Crippen molar-refractivity contribution in [3.8, 4) is 0 Å². The fraction of sp³-hybridized carbons (Fsp3) is 0.538. The Bertz CT molecular complexity index is 419. The first-order valence-corrected chi connectivity index (χ1v) is 5.99. The fourth-order valence-electron chi connectivity index (χ4n) is 2.97. The lowest BCUT2D eigenvalue weighted by Crippen LogP contribution is -2.38. The summed E-state index contributed by atoms with van der Waals surface area (Å²) >= 11 is 0. The zero-order valence-corrected chi connectivity index (χ0v) is 9.76. The molecule has 0 bridgehead atoms. The van der Waals surface area contributed by atoms with Gasteiger partial charge < -0.3 is 5.11 Å². The van der Waals surface area contributed by atoms with Gasteiger partial charge in [0.05, 0.1) is 5.41 Å². The molecule has 92 valence electrons. The molecule has 0 amide bonds. The van der Waals surface area contributed by atoms with Crippen LogP contribution in [0.3, 0.4) is 0 Å². The monoisotopic (exact) mass is 235 g/mol. The zero-order valence-electron chi connectivity index (χ0n) is 9.76. The van der Waals surface area contributed by atoms with Crippen LogP contribution in [-0.2, 0) is 11.8 Å². The summed E-state index contributed by atoms with van der Waals surface area (Å²) in [4.78, 5) is 10.6. The molecule has 0 heterocycles. The summed E-state index contributed by atoms with van der Waals surface area (Å²) < 4.78 is 0. The van der Waals surface area contributed by atoms with Crippen molar-refractivity contribution in [3.05, 3.63) is 45.5 Å². The Hall–Kier alpha value is -1.42. The second kappa shape index (κ2) is 4.84. The molecule has 0 fully saturated rings. The van der Waals surface area contributed by atoms with E-state index in [0.29, 0.717) is 6.42 Å². The van der Waals surface area contributed by atoms with Crippen LogP contribution in [0, 0.1) is 10.1 Å². The Morgan fingerprint density at radius 2 is 2.18 bits per heavy atom. The molecule has 1 aromatic rings. The molecule has 17 heavy (non-hydrogen) atoms. The number of fused-ring (bicyclic) bond motifs is 1. The maximum Gasteiger partial charge on any atom is 0.213 e. The van der Waals surface area contributed by atoms with E-state index in [9.17, 15) is 15.2 Å². The fourth-order valence-corrected chi connectivity index (χ4v) is 2.97. The average molecular weight is 235 g/mol. The predicted molar refractivity (Wildman–Crippen MR) is 64.6 cm³/mol. The first-order chi connectivity index (χ1) is 8.18. The summed E-state index contributed by atoms with van der Waals surface area (Å²) in [5.74, 6) is 0. The van der Waals surface area contributed by atoms with Crippen LogP contribution in [0.4, 0.5) is 0 Å². The van der Waals surface area contributed by atoms with Crippen molar-refractivity contribution in [2.24, 2.45) is 0 Å². The largest absolute Gasteiger partial charge is 0.396 e. The predicted octanol–water partition coefficient (Wildman–Crippen LogP) is 1.92. The van der Waals surface area contributed by atoms with Crippen LogP contribution in [0.25, 0.3) is 0 Å². The van der Waals surface area contributed by atoms with Crippen molar-refractivity contribution < 1.29 is 10.0 Å². The van der Waals surface area contributed by atoms with Crippen LogP contribution >= 0.6 is 0 Å². The van der Waals surface area contributed by atoms with Crippen LogP contribution in [0.1, 0.15) is 30.4 Å². The number of nitro groups is 1. The van der Waals surface area contributed by atoms with E-state index < -0.39 is 5.41 Å². The Kier molecular flexibility index (Phi) is 3.43. The summed E-state index contributed by atoms with van der Waals surface area (Å²) in [7, 11) is 0. The molecule has 4 nitrogen and oxygen atoms in total. The molecule has 4 heteroatoms. The van der Waals surface area contributed by atoms with E-state index >= 15 is 0 Å². The maximum absolute atomic E-state index is 10.9. The minimum Gasteiger partial charge on any atom is -0.396 e. The van der Waals surface area contributed by atoms with Gasteiger partial charge in [0.1, 0.15) is 0 Å². The van der Waals surface area contributed by atoms with Crippen LogP contribution in [0.15, 0.2) is 24.3 Å². The second-order valence-electron chi connectivity index (χ2n) is 4.76. The van der Waals surface area contributed by atoms with Gasteiger partial charge in [-0.25, -0.2) is 0 Å². The summed E-state index contributed by atoms with van der Waals surface area (Å²) in [6.45, 7) is -0.0766.